The van der Waals surface area contributed by atoms with Gasteiger partial charge in [-0.15, -0.1) is 0 Å². The van der Waals surface area contributed by atoms with Gasteiger partial charge >= 0.3 is 0 Å². The van der Waals surface area contributed by atoms with E-state index >= 15 is 0 Å². The zero-order valence-corrected chi connectivity index (χ0v) is 9.66. The van der Waals surface area contributed by atoms with Crippen LogP contribution in [0.15, 0.2) is 54.4 Å². The summed E-state index contributed by atoms with van der Waals surface area (Å²) in [5.74, 6) is 0.352. The van der Waals surface area contributed by atoms with Crippen molar-refractivity contribution >= 4 is 0 Å². The monoisotopic (exact) mass is 231 g/mol. The Bertz CT molecular complexity index is 411. The fourth-order valence-electron chi connectivity index (χ4n) is 2.04. The Morgan fingerprint density at radius 1 is 1.18 bits per heavy atom. The second kappa shape index (κ2) is 5.55. The first kappa shape index (κ1) is 11.7. The minimum absolute atomic E-state index is 0.0745. The molecule has 0 aliphatic carbocycles. The molecule has 1 aliphatic heterocycles. The molecule has 17 heavy (non-hydrogen) atoms. The first-order chi connectivity index (χ1) is 8.31. The minimum atomic E-state index is -0.0745. The summed E-state index contributed by atoms with van der Waals surface area (Å²) in [6.45, 7) is 0.620. The molecular formula is C14H17NO2. The van der Waals surface area contributed by atoms with Crippen LogP contribution in [0, 0.1) is 0 Å². The van der Waals surface area contributed by atoms with E-state index in [1.165, 1.54) is 5.56 Å². The molecule has 3 nitrogen and oxygen atoms in total. The maximum absolute atomic E-state index is 9.91. The molecular weight excluding hydrogens is 214 g/mol. The fourth-order valence-corrected chi connectivity index (χ4v) is 2.04. The van der Waals surface area contributed by atoms with Gasteiger partial charge in [-0.05, 0) is 30.3 Å². The van der Waals surface area contributed by atoms with Gasteiger partial charge in [-0.1, -0.05) is 30.3 Å². The Kier molecular flexibility index (Phi) is 3.83. The number of hydrogen-bond acceptors (Lipinski definition) is 3. The molecule has 0 saturated carbocycles. The van der Waals surface area contributed by atoms with Crippen LogP contribution in [0.2, 0.25) is 0 Å². The van der Waals surface area contributed by atoms with Crippen molar-refractivity contribution in [3.63, 3.8) is 0 Å². The van der Waals surface area contributed by atoms with E-state index in [1.807, 2.05) is 41.4 Å². The Hall–Kier alpha value is -1.74. The molecule has 2 N–H and O–H groups in total. The number of rotatable bonds is 4. The highest BCUT2D eigenvalue weighted by atomic mass is 16.3. The van der Waals surface area contributed by atoms with Crippen molar-refractivity contribution in [2.45, 2.75) is 12.5 Å². The summed E-state index contributed by atoms with van der Waals surface area (Å²) in [4.78, 5) is 1.96. The van der Waals surface area contributed by atoms with Crippen molar-refractivity contribution in [2.75, 3.05) is 13.2 Å². The molecule has 0 saturated heterocycles. The minimum Gasteiger partial charge on any atom is -0.510 e. The molecule has 0 aromatic heterocycles. The molecule has 1 aromatic carbocycles. The summed E-state index contributed by atoms with van der Waals surface area (Å²) < 4.78 is 0. The van der Waals surface area contributed by atoms with Crippen LogP contribution in [0.4, 0.5) is 0 Å². The van der Waals surface area contributed by atoms with Crippen molar-refractivity contribution in [1.82, 2.24) is 4.90 Å². The first-order valence-corrected chi connectivity index (χ1v) is 5.79. The van der Waals surface area contributed by atoms with Gasteiger partial charge in [0.05, 0.1) is 12.6 Å². The molecule has 0 bridgehead atoms. The highest BCUT2D eigenvalue weighted by molar-refractivity contribution is 5.23. The lowest BCUT2D eigenvalue weighted by atomic mass is 10.0. The number of nitrogens with zero attached hydrogens (tertiary/aromatic N) is 1. The number of benzene rings is 1. The number of hydrogen-bond donors (Lipinski definition) is 2. The third kappa shape index (κ3) is 2.88. The van der Waals surface area contributed by atoms with E-state index in [4.69, 9.17) is 5.11 Å². The Labute approximate surface area is 101 Å². The van der Waals surface area contributed by atoms with Crippen molar-refractivity contribution in [3.8, 4) is 0 Å². The standard InChI is InChI=1S/C14H17NO2/c16-10-9-15-8-4-7-14(17)13(15)11-12-5-2-1-3-6-12/h1-8,13,16-17H,9-11H2. The van der Waals surface area contributed by atoms with Gasteiger partial charge in [0.15, 0.2) is 0 Å². The van der Waals surface area contributed by atoms with E-state index in [0.717, 1.165) is 6.42 Å². The molecule has 0 fully saturated rings. The fraction of sp³-hybridized carbons (Fsp3) is 0.286. The first-order valence-electron chi connectivity index (χ1n) is 5.79. The number of β-amino-alcohol motifs (C(OH)–C–C–N with tert-alkyl or cyclic N) is 1. The second-order valence-electron chi connectivity index (χ2n) is 4.10. The highest BCUT2D eigenvalue weighted by Gasteiger charge is 2.21. The molecule has 0 spiro atoms. The normalized spacial score (nSPS) is 19.2. The van der Waals surface area contributed by atoms with Gasteiger partial charge < -0.3 is 15.1 Å². The third-order valence-electron chi connectivity index (χ3n) is 2.92. The summed E-state index contributed by atoms with van der Waals surface area (Å²) in [6.07, 6.45) is 6.16. The van der Waals surface area contributed by atoms with Gasteiger partial charge in [0.1, 0.15) is 5.76 Å². The average molecular weight is 231 g/mol. The maximum Gasteiger partial charge on any atom is 0.115 e. The molecule has 0 amide bonds. The van der Waals surface area contributed by atoms with Gasteiger partial charge in [0.25, 0.3) is 0 Å². The smallest absolute Gasteiger partial charge is 0.115 e. The zero-order chi connectivity index (χ0) is 12.1. The Morgan fingerprint density at radius 2 is 1.94 bits per heavy atom. The van der Waals surface area contributed by atoms with Gasteiger partial charge in [-0.2, -0.15) is 0 Å². The number of aliphatic hydroxyl groups excluding tert-OH is 2. The van der Waals surface area contributed by atoms with E-state index in [0.29, 0.717) is 12.3 Å². The van der Waals surface area contributed by atoms with E-state index in [-0.39, 0.29) is 12.6 Å². The van der Waals surface area contributed by atoms with Gasteiger partial charge in [-0.25, -0.2) is 0 Å². The summed E-state index contributed by atoms with van der Waals surface area (Å²) in [6, 6.07) is 9.97. The summed E-state index contributed by atoms with van der Waals surface area (Å²) >= 11 is 0. The molecule has 1 aliphatic rings. The van der Waals surface area contributed by atoms with Crippen molar-refractivity contribution < 1.29 is 10.2 Å². The van der Waals surface area contributed by atoms with E-state index in [2.05, 4.69) is 0 Å². The van der Waals surface area contributed by atoms with Crippen molar-refractivity contribution in [3.05, 3.63) is 60.0 Å². The van der Waals surface area contributed by atoms with Gasteiger partial charge in [0.2, 0.25) is 0 Å². The molecule has 90 valence electrons. The van der Waals surface area contributed by atoms with Crippen LogP contribution in [0.25, 0.3) is 0 Å². The van der Waals surface area contributed by atoms with Crippen molar-refractivity contribution in [2.24, 2.45) is 0 Å². The van der Waals surface area contributed by atoms with Crippen LogP contribution in [-0.4, -0.2) is 34.3 Å². The zero-order valence-electron chi connectivity index (χ0n) is 9.66. The molecule has 0 radical (unpaired) electrons. The SMILES string of the molecule is OCCN1C=CC=C(O)C1Cc1ccccc1. The molecule has 1 atom stereocenters. The lowest BCUT2D eigenvalue weighted by molar-refractivity contribution is 0.181. The molecule has 1 heterocycles. The number of allylic oxidation sites excluding steroid dienone is 2. The Morgan fingerprint density at radius 3 is 2.65 bits per heavy atom. The maximum atomic E-state index is 9.91. The average Bonchev–Trinajstić information content (AvgIpc) is 2.35. The van der Waals surface area contributed by atoms with Gasteiger partial charge in [-0.3, -0.25) is 0 Å². The van der Waals surface area contributed by atoms with E-state index in [9.17, 15) is 5.11 Å². The summed E-state index contributed by atoms with van der Waals surface area (Å²) in [7, 11) is 0. The molecule has 3 heteroatoms. The van der Waals surface area contributed by atoms with Crippen LogP contribution in [0.3, 0.4) is 0 Å². The van der Waals surface area contributed by atoms with Crippen LogP contribution in [0.5, 0.6) is 0 Å². The second-order valence-corrected chi connectivity index (χ2v) is 4.10. The quantitative estimate of drug-likeness (QED) is 0.831. The Balaban J connectivity index is 2.11. The lowest BCUT2D eigenvalue weighted by Gasteiger charge is -2.31. The largest absolute Gasteiger partial charge is 0.510 e. The van der Waals surface area contributed by atoms with Crippen LogP contribution >= 0.6 is 0 Å². The predicted octanol–water partition coefficient (Wildman–Crippen LogP) is 1.86. The van der Waals surface area contributed by atoms with E-state index < -0.39 is 0 Å². The summed E-state index contributed by atoms with van der Waals surface area (Å²) in [5.41, 5.74) is 1.18. The highest BCUT2D eigenvalue weighted by Crippen LogP contribution is 2.18. The van der Waals surface area contributed by atoms with Crippen molar-refractivity contribution in [1.29, 1.82) is 0 Å². The molecule has 2 rings (SSSR count). The van der Waals surface area contributed by atoms with Crippen LogP contribution < -0.4 is 0 Å². The van der Waals surface area contributed by atoms with Crippen LogP contribution in [-0.2, 0) is 6.42 Å². The predicted molar refractivity (Wildman–Crippen MR) is 67.6 cm³/mol. The summed E-state index contributed by atoms with van der Waals surface area (Å²) in [5, 5.41) is 18.9. The third-order valence-corrected chi connectivity index (χ3v) is 2.92. The van der Waals surface area contributed by atoms with E-state index in [1.54, 1.807) is 12.2 Å². The van der Waals surface area contributed by atoms with Gasteiger partial charge in [0, 0.05) is 6.54 Å². The topological polar surface area (TPSA) is 43.7 Å². The lowest BCUT2D eigenvalue weighted by Crippen LogP contribution is -2.37. The molecule has 1 unspecified atom stereocenters. The van der Waals surface area contributed by atoms with Crippen LogP contribution in [0.1, 0.15) is 5.56 Å². The molecule has 1 aromatic rings. The number of aliphatic hydroxyl groups is 2.